The Bertz CT molecular complexity index is 2060. The summed E-state index contributed by atoms with van der Waals surface area (Å²) in [6.07, 6.45) is 5.90. The third-order valence-electron chi connectivity index (χ3n) is 8.10. The number of hydrogen-bond donors (Lipinski definition) is 0. The highest BCUT2D eigenvalue weighted by Gasteiger charge is 2.29. The van der Waals surface area contributed by atoms with Crippen molar-refractivity contribution in [1.29, 1.82) is 0 Å². The molecular weight excluding hydrogens is 426 g/mol. The maximum atomic E-state index is 5.11. The number of aromatic nitrogens is 3. The van der Waals surface area contributed by atoms with Gasteiger partial charge in [-0.25, -0.2) is 4.98 Å². The van der Waals surface area contributed by atoms with Crippen molar-refractivity contribution in [2.45, 2.75) is 12.8 Å². The molecule has 0 spiro atoms. The van der Waals surface area contributed by atoms with Gasteiger partial charge in [0.15, 0.2) is 0 Å². The monoisotopic (exact) mass is 445 g/mol. The Morgan fingerprint density at radius 1 is 0.629 bits per heavy atom. The first-order valence-electron chi connectivity index (χ1n) is 12.2. The van der Waals surface area contributed by atoms with Gasteiger partial charge in [-0.15, -0.1) is 0 Å². The van der Waals surface area contributed by atoms with E-state index in [1.54, 1.807) is 0 Å². The highest BCUT2D eigenvalue weighted by Crippen LogP contribution is 2.49. The lowest BCUT2D eigenvalue weighted by Gasteiger charge is -2.11. The molecule has 0 saturated heterocycles. The maximum Gasteiger partial charge on any atom is 0.146 e. The molecule has 4 aromatic carbocycles. The number of rotatable bonds is 0. The Labute approximate surface area is 201 Å². The Morgan fingerprint density at radius 2 is 1.54 bits per heavy atom. The van der Waals surface area contributed by atoms with Gasteiger partial charge in [-0.3, -0.25) is 9.38 Å². The van der Waals surface area contributed by atoms with E-state index in [4.69, 9.17) is 4.98 Å². The molecule has 3 heteroatoms. The Balaban J connectivity index is 1.41. The standard InChI is InChI=1S/C32H19N3/c1-2-6-21-18(5-1)13-19-9-10-22-23-16-26-24(14-20(23)15-25(22)31(19)21)27-17-33-12-11-29(27)35-30-8-4-3-7-28(30)34-32(26)35/h1-12,14,16-17H,13,15H2. The second kappa shape index (κ2) is 6.13. The van der Waals surface area contributed by atoms with Gasteiger partial charge in [-0.2, -0.15) is 0 Å². The molecule has 0 N–H and O–H groups in total. The van der Waals surface area contributed by atoms with Crippen LogP contribution in [0.4, 0.5) is 0 Å². The molecule has 3 aromatic heterocycles. The minimum Gasteiger partial charge on any atom is -0.292 e. The van der Waals surface area contributed by atoms with E-state index in [0.717, 1.165) is 35.0 Å². The average Bonchev–Trinajstić information content (AvgIpc) is 3.58. The van der Waals surface area contributed by atoms with Crippen molar-refractivity contribution < 1.29 is 0 Å². The molecule has 0 atom stereocenters. The van der Waals surface area contributed by atoms with Gasteiger partial charge in [0.25, 0.3) is 0 Å². The molecule has 35 heavy (non-hydrogen) atoms. The average molecular weight is 446 g/mol. The first kappa shape index (κ1) is 17.9. The molecular formula is C32H19N3. The summed E-state index contributed by atoms with van der Waals surface area (Å²) in [5.41, 5.74) is 15.7. The van der Waals surface area contributed by atoms with Gasteiger partial charge in [0.2, 0.25) is 0 Å². The van der Waals surface area contributed by atoms with Crippen LogP contribution in [0.5, 0.6) is 0 Å². The molecule has 3 heterocycles. The molecule has 0 radical (unpaired) electrons. The lowest BCUT2D eigenvalue weighted by molar-refractivity contribution is 1.23. The topological polar surface area (TPSA) is 30.2 Å². The number of nitrogens with zero attached hydrogens (tertiary/aromatic N) is 3. The third kappa shape index (κ3) is 2.17. The van der Waals surface area contributed by atoms with Crippen molar-refractivity contribution in [2.75, 3.05) is 0 Å². The smallest absolute Gasteiger partial charge is 0.146 e. The summed E-state index contributed by atoms with van der Waals surface area (Å²) in [5, 5.41) is 3.60. The van der Waals surface area contributed by atoms with Crippen LogP contribution in [0, 0.1) is 0 Å². The van der Waals surface area contributed by atoms with Crippen molar-refractivity contribution >= 4 is 38.4 Å². The molecule has 0 fully saturated rings. The molecule has 2 aliphatic carbocycles. The van der Waals surface area contributed by atoms with Crippen LogP contribution in [0.25, 0.3) is 60.6 Å². The van der Waals surface area contributed by atoms with Crippen LogP contribution in [-0.2, 0) is 12.8 Å². The predicted molar refractivity (Wildman–Crippen MR) is 142 cm³/mol. The predicted octanol–water partition coefficient (Wildman–Crippen LogP) is 7.33. The Hall–Kier alpha value is -4.50. The number of imidazole rings is 1. The molecule has 3 nitrogen and oxygen atoms in total. The fraction of sp³-hybridized carbons (Fsp3) is 0.0625. The van der Waals surface area contributed by atoms with E-state index >= 15 is 0 Å². The maximum absolute atomic E-state index is 5.11. The summed E-state index contributed by atoms with van der Waals surface area (Å²) < 4.78 is 2.30. The third-order valence-corrected chi connectivity index (χ3v) is 8.10. The van der Waals surface area contributed by atoms with Crippen LogP contribution in [0.2, 0.25) is 0 Å². The molecule has 0 saturated carbocycles. The highest BCUT2D eigenvalue weighted by atomic mass is 15.0. The Morgan fingerprint density at radius 3 is 2.54 bits per heavy atom. The van der Waals surface area contributed by atoms with Gasteiger partial charge >= 0.3 is 0 Å². The number of benzene rings is 4. The van der Waals surface area contributed by atoms with Crippen LogP contribution in [-0.4, -0.2) is 14.4 Å². The van der Waals surface area contributed by atoms with Gasteiger partial charge in [0, 0.05) is 23.2 Å². The van der Waals surface area contributed by atoms with Crippen molar-refractivity contribution in [3.63, 3.8) is 0 Å². The van der Waals surface area contributed by atoms with Gasteiger partial charge in [0.05, 0.1) is 16.6 Å². The molecule has 0 bridgehead atoms. The molecule has 0 unspecified atom stereocenters. The van der Waals surface area contributed by atoms with Crippen molar-refractivity contribution in [3.8, 4) is 22.3 Å². The molecule has 162 valence electrons. The second-order valence-corrected chi connectivity index (χ2v) is 9.84. The zero-order valence-electron chi connectivity index (χ0n) is 18.9. The number of hydrogen-bond acceptors (Lipinski definition) is 2. The van der Waals surface area contributed by atoms with Gasteiger partial charge in [-0.1, -0.05) is 48.5 Å². The molecule has 0 aliphatic heterocycles. The van der Waals surface area contributed by atoms with E-state index in [9.17, 15) is 0 Å². The first-order chi connectivity index (χ1) is 17.3. The molecule has 0 amide bonds. The van der Waals surface area contributed by atoms with Gasteiger partial charge in [-0.05, 0) is 93.1 Å². The second-order valence-electron chi connectivity index (χ2n) is 9.84. The highest BCUT2D eigenvalue weighted by molar-refractivity contribution is 6.15. The lowest BCUT2D eigenvalue weighted by Crippen LogP contribution is -1.93. The van der Waals surface area contributed by atoms with Crippen molar-refractivity contribution in [2.24, 2.45) is 0 Å². The van der Waals surface area contributed by atoms with E-state index in [-0.39, 0.29) is 0 Å². The minimum absolute atomic E-state index is 0.974. The number of pyridine rings is 2. The fourth-order valence-electron chi connectivity index (χ4n) is 6.62. The van der Waals surface area contributed by atoms with Crippen LogP contribution >= 0.6 is 0 Å². The van der Waals surface area contributed by atoms with E-state index < -0.39 is 0 Å². The first-order valence-corrected chi connectivity index (χ1v) is 12.2. The van der Waals surface area contributed by atoms with Gasteiger partial charge < -0.3 is 0 Å². The fourth-order valence-corrected chi connectivity index (χ4v) is 6.62. The lowest BCUT2D eigenvalue weighted by atomic mass is 9.95. The summed E-state index contributed by atoms with van der Waals surface area (Å²) >= 11 is 0. The summed E-state index contributed by atoms with van der Waals surface area (Å²) in [6, 6.07) is 28.9. The zero-order chi connectivity index (χ0) is 22.7. The van der Waals surface area contributed by atoms with Crippen LogP contribution < -0.4 is 0 Å². The van der Waals surface area contributed by atoms with E-state index in [0.29, 0.717) is 0 Å². The zero-order valence-corrected chi connectivity index (χ0v) is 18.9. The summed E-state index contributed by atoms with van der Waals surface area (Å²) in [6.45, 7) is 0. The summed E-state index contributed by atoms with van der Waals surface area (Å²) in [4.78, 5) is 9.61. The van der Waals surface area contributed by atoms with E-state index in [1.807, 2.05) is 12.4 Å². The number of fused-ring (bicyclic) bond motifs is 15. The molecule has 7 aromatic rings. The summed E-state index contributed by atoms with van der Waals surface area (Å²) in [7, 11) is 0. The summed E-state index contributed by atoms with van der Waals surface area (Å²) in [5.74, 6) is 0. The van der Waals surface area contributed by atoms with E-state index in [1.165, 1.54) is 60.7 Å². The molecule has 9 rings (SSSR count). The SMILES string of the molecule is c1ccc2c(c1)Cc1ccc3c(c1-2)Cc1cc2c4cnccc4n4c5ccccc5nc4c2cc1-3. The number of para-hydroxylation sites is 2. The van der Waals surface area contributed by atoms with Gasteiger partial charge in [0.1, 0.15) is 5.65 Å². The minimum atomic E-state index is 0.974. The Kier molecular flexibility index (Phi) is 3.14. The largest absolute Gasteiger partial charge is 0.292 e. The van der Waals surface area contributed by atoms with Crippen molar-refractivity contribution in [1.82, 2.24) is 14.4 Å². The van der Waals surface area contributed by atoms with Crippen LogP contribution in [0.1, 0.15) is 22.3 Å². The van der Waals surface area contributed by atoms with Crippen LogP contribution in [0.15, 0.2) is 91.3 Å². The normalized spacial score (nSPS) is 13.5. The van der Waals surface area contributed by atoms with Crippen LogP contribution in [0.3, 0.4) is 0 Å². The van der Waals surface area contributed by atoms with Crippen molar-refractivity contribution in [3.05, 3.63) is 114 Å². The van der Waals surface area contributed by atoms with E-state index in [2.05, 4.69) is 88.2 Å². The molecule has 2 aliphatic rings. The quantitative estimate of drug-likeness (QED) is 0.229.